The Morgan fingerprint density at radius 3 is 2.38 bits per heavy atom. The van der Waals surface area contributed by atoms with Crippen LogP contribution in [-0.4, -0.2) is 38.3 Å². The normalized spacial score (nSPS) is 11.3. The van der Waals surface area contributed by atoms with E-state index in [0.29, 0.717) is 12.2 Å². The summed E-state index contributed by atoms with van der Waals surface area (Å²) in [6.45, 7) is 4.21. The first kappa shape index (κ1) is 20.6. The van der Waals surface area contributed by atoms with Crippen molar-refractivity contribution in [2.24, 2.45) is 0 Å². The number of carbonyl (C=O) groups excluding carboxylic acids is 1. The number of anilines is 1. The van der Waals surface area contributed by atoms with Crippen molar-refractivity contribution in [2.75, 3.05) is 18.5 Å². The number of aromatic nitrogens is 2. The molecule has 0 spiro atoms. The van der Waals surface area contributed by atoms with Gasteiger partial charge in [-0.05, 0) is 37.1 Å². The molecule has 152 valence electrons. The van der Waals surface area contributed by atoms with Crippen molar-refractivity contribution in [3.8, 4) is 0 Å². The van der Waals surface area contributed by atoms with E-state index in [2.05, 4.69) is 5.10 Å². The predicted octanol–water partition coefficient (Wildman–Crippen LogP) is 3.16. The molecule has 1 aromatic heterocycles. The summed E-state index contributed by atoms with van der Waals surface area (Å²) in [7, 11) is -1.43. The molecule has 0 radical (unpaired) electrons. The lowest BCUT2D eigenvalue weighted by atomic mass is 10.1. The summed E-state index contributed by atoms with van der Waals surface area (Å²) >= 11 is 0. The van der Waals surface area contributed by atoms with Gasteiger partial charge in [0, 0.05) is 13.2 Å². The topological polar surface area (TPSA) is 81.5 Å². The van der Waals surface area contributed by atoms with Crippen molar-refractivity contribution in [1.29, 1.82) is 0 Å². The van der Waals surface area contributed by atoms with Crippen molar-refractivity contribution in [2.45, 2.75) is 25.4 Å². The third-order valence-corrected chi connectivity index (χ3v) is 6.45. The average molecular weight is 413 g/mol. The standard InChI is InChI=1S/C21H23N3O4S/c1-15-9-11-18(12-10-15)23(3)29(26,27)20-19(21(25)28-4)14-24(22-20)13-17-8-6-5-7-16(17)2/h5-12,14H,13H2,1-4H3. The minimum absolute atomic E-state index is 0.0972. The summed E-state index contributed by atoms with van der Waals surface area (Å²) in [6, 6.07) is 14.8. The van der Waals surface area contributed by atoms with E-state index in [1.54, 1.807) is 12.1 Å². The molecule has 3 aromatic rings. The molecule has 0 fully saturated rings. The van der Waals surface area contributed by atoms with E-state index < -0.39 is 16.0 Å². The van der Waals surface area contributed by atoms with Gasteiger partial charge in [0.1, 0.15) is 5.56 Å². The van der Waals surface area contributed by atoms with Crippen molar-refractivity contribution in [3.05, 3.63) is 77.0 Å². The number of benzene rings is 2. The van der Waals surface area contributed by atoms with E-state index in [1.807, 2.05) is 50.2 Å². The second kappa shape index (κ2) is 8.08. The van der Waals surface area contributed by atoms with E-state index in [4.69, 9.17) is 4.74 Å². The van der Waals surface area contributed by atoms with Gasteiger partial charge in [0.15, 0.2) is 0 Å². The van der Waals surface area contributed by atoms with Gasteiger partial charge < -0.3 is 4.74 Å². The fraction of sp³-hybridized carbons (Fsp3) is 0.238. The fourth-order valence-corrected chi connectivity index (χ4v) is 4.19. The van der Waals surface area contributed by atoms with Crippen LogP contribution >= 0.6 is 0 Å². The van der Waals surface area contributed by atoms with Gasteiger partial charge in [-0.25, -0.2) is 4.79 Å². The SMILES string of the molecule is COC(=O)c1cn(Cc2ccccc2C)nc1S(=O)(=O)N(C)c1ccc(C)cc1. The van der Waals surface area contributed by atoms with Crippen molar-refractivity contribution in [3.63, 3.8) is 0 Å². The zero-order valence-corrected chi connectivity index (χ0v) is 17.6. The van der Waals surface area contributed by atoms with Crippen LogP contribution in [0.1, 0.15) is 27.0 Å². The number of rotatable bonds is 6. The molecule has 0 atom stereocenters. The van der Waals surface area contributed by atoms with E-state index in [9.17, 15) is 13.2 Å². The summed E-state index contributed by atoms with van der Waals surface area (Å²) in [5.41, 5.74) is 3.41. The Bertz CT molecular complexity index is 1130. The molecule has 29 heavy (non-hydrogen) atoms. The van der Waals surface area contributed by atoms with Crippen LogP contribution in [0.25, 0.3) is 0 Å². The molecule has 0 aliphatic rings. The summed E-state index contributed by atoms with van der Waals surface area (Å²) < 4.78 is 33.8. The second-order valence-electron chi connectivity index (χ2n) is 6.77. The molecule has 0 bridgehead atoms. The van der Waals surface area contributed by atoms with Gasteiger partial charge in [0.2, 0.25) is 5.03 Å². The maximum Gasteiger partial charge on any atom is 0.342 e. The van der Waals surface area contributed by atoms with Crippen LogP contribution in [0.15, 0.2) is 59.8 Å². The van der Waals surface area contributed by atoms with Gasteiger partial charge in [-0.1, -0.05) is 42.0 Å². The van der Waals surface area contributed by atoms with Crippen LogP contribution in [-0.2, 0) is 21.3 Å². The van der Waals surface area contributed by atoms with Gasteiger partial charge in [0.05, 0.1) is 19.3 Å². The minimum atomic E-state index is -4.07. The smallest absolute Gasteiger partial charge is 0.342 e. The van der Waals surface area contributed by atoms with E-state index in [0.717, 1.165) is 21.0 Å². The number of aryl methyl sites for hydroxylation is 2. The molecule has 0 aliphatic carbocycles. The van der Waals surface area contributed by atoms with Gasteiger partial charge in [-0.2, -0.15) is 13.5 Å². The number of hydrogen-bond donors (Lipinski definition) is 0. The predicted molar refractivity (Wildman–Crippen MR) is 111 cm³/mol. The number of ether oxygens (including phenoxy) is 1. The number of esters is 1. The number of hydrogen-bond acceptors (Lipinski definition) is 5. The van der Waals surface area contributed by atoms with Crippen LogP contribution in [0.3, 0.4) is 0 Å². The lowest BCUT2D eigenvalue weighted by Crippen LogP contribution is -2.28. The molecule has 8 heteroatoms. The van der Waals surface area contributed by atoms with Gasteiger partial charge in [-0.15, -0.1) is 0 Å². The highest BCUT2D eigenvalue weighted by Crippen LogP contribution is 2.25. The van der Waals surface area contributed by atoms with Gasteiger partial charge in [0.25, 0.3) is 10.0 Å². The van der Waals surface area contributed by atoms with Crippen LogP contribution in [0.2, 0.25) is 0 Å². The van der Waals surface area contributed by atoms with Gasteiger partial charge >= 0.3 is 5.97 Å². The molecule has 0 saturated heterocycles. The molecule has 0 amide bonds. The van der Waals surface area contributed by atoms with Crippen LogP contribution in [0.5, 0.6) is 0 Å². The molecule has 1 heterocycles. The third kappa shape index (κ3) is 4.17. The molecule has 0 aliphatic heterocycles. The number of nitrogens with zero attached hydrogens (tertiary/aromatic N) is 3. The van der Waals surface area contributed by atoms with E-state index in [1.165, 1.54) is 25.0 Å². The largest absolute Gasteiger partial charge is 0.465 e. The Morgan fingerprint density at radius 1 is 1.10 bits per heavy atom. The number of carbonyl (C=O) groups is 1. The minimum Gasteiger partial charge on any atom is -0.465 e. The lowest BCUT2D eigenvalue weighted by Gasteiger charge is -2.18. The Morgan fingerprint density at radius 2 is 1.76 bits per heavy atom. The first-order chi connectivity index (χ1) is 13.7. The Hall–Kier alpha value is -3.13. The lowest BCUT2D eigenvalue weighted by molar-refractivity contribution is 0.0596. The Balaban J connectivity index is 2.04. The molecule has 0 unspecified atom stereocenters. The van der Waals surface area contributed by atoms with E-state index >= 15 is 0 Å². The summed E-state index contributed by atoms with van der Waals surface area (Å²) in [5, 5.41) is 3.91. The number of sulfonamides is 1. The molecule has 0 N–H and O–H groups in total. The highest BCUT2D eigenvalue weighted by molar-refractivity contribution is 7.92. The monoisotopic (exact) mass is 413 g/mol. The van der Waals surface area contributed by atoms with Crippen molar-refractivity contribution < 1.29 is 17.9 Å². The third-order valence-electron chi connectivity index (χ3n) is 4.73. The first-order valence-electron chi connectivity index (χ1n) is 9.00. The molecular formula is C21H23N3O4S. The molecule has 7 nitrogen and oxygen atoms in total. The second-order valence-corrected chi connectivity index (χ2v) is 8.66. The highest BCUT2D eigenvalue weighted by Gasteiger charge is 2.31. The Kier molecular flexibility index (Phi) is 5.74. The number of methoxy groups -OCH3 is 1. The molecule has 3 rings (SSSR count). The van der Waals surface area contributed by atoms with Crippen molar-refractivity contribution >= 4 is 21.7 Å². The Labute approximate surface area is 170 Å². The first-order valence-corrected chi connectivity index (χ1v) is 10.4. The summed E-state index contributed by atoms with van der Waals surface area (Å²) in [6.07, 6.45) is 1.41. The quantitative estimate of drug-likeness (QED) is 0.580. The highest BCUT2D eigenvalue weighted by atomic mass is 32.2. The zero-order valence-electron chi connectivity index (χ0n) is 16.8. The summed E-state index contributed by atoms with van der Waals surface area (Å²) in [4.78, 5) is 12.3. The van der Waals surface area contributed by atoms with E-state index in [-0.39, 0.29) is 10.6 Å². The van der Waals surface area contributed by atoms with Crippen molar-refractivity contribution in [1.82, 2.24) is 9.78 Å². The maximum absolute atomic E-state index is 13.2. The molecule has 0 saturated carbocycles. The average Bonchev–Trinajstić information content (AvgIpc) is 3.14. The molecule has 2 aromatic carbocycles. The fourth-order valence-electron chi connectivity index (χ4n) is 2.91. The van der Waals surface area contributed by atoms with Crippen LogP contribution in [0.4, 0.5) is 5.69 Å². The summed E-state index contributed by atoms with van der Waals surface area (Å²) in [5.74, 6) is -0.753. The molecular weight excluding hydrogens is 390 g/mol. The van der Waals surface area contributed by atoms with Gasteiger partial charge in [-0.3, -0.25) is 8.99 Å². The van der Waals surface area contributed by atoms with Crippen LogP contribution in [0, 0.1) is 13.8 Å². The zero-order chi connectivity index (χ0) is 21.2. The maximum atomic E-state index is 13.2. The van der Waals surface area contributed by atoms with Crippen LogP contribution < -0.4 is 4.31 Å².